The largest absolute Gasteiger partial charge is 0.497 e. The summed E-state index contributed by atoms with van der Waals surface area (Å²) in [6.45, 7) is 0. The van der Waals surface area contributed by atoms with E-state index in [2.05, 4.69) is 10.3 Å². The summed E-state index contributed by atoms with van der Waals surface area (Å²) in [7, 11) is 1.58. The Hall–Kier alpha value is -4.43. The first-order valence-electron chi connectivity index (χ1n) is 10.4. The molecule has 168 valence electrons. The minimum absolute atomic E-state index is 0.0745. The maximum Gasteiger partial charge on any atom is 0.271 e. The van der Waals surface area contributed by atoms with Gasteiger partial charge in [0.25, 0.3) is 11.5 Å². The molecule has 0 fully saturated rings. The van der Waals surface area contributed by atoms with Gasteiger partial charge in [-0.25, -0.2) is 4.98 Å². The number of hydrogen-bond acceptors (Lipinski definition) is 6. The molecule has 5 rings (SSSR count). The Balaban J connectivity index is 1.49. The highest BCUT2D eigenvalue weighted by Crippen LogP contribution is 2.30. The summed E-state index contributed by atoms with van der Waals surface area (Å²) in [5.74, 6) is 1.19. The maximum atomic E-state index is 13.4. The van der Waals surface area contributed by atoms with Crippen LogP contribution in [0, 0.1) is 0 Å². The number of nitrogens with one attached hydrogen (secondary N) is 1. The van der Waals surface area contributed by atoms with Crippen molar-refractivity contribution in [3.8, 4) is 28.5 Å². The van der Waals surface area contributed by atoms with E-state index in [-0.39, 0.29) is 5.56 Å². The van der Waals surface area contributed by atoms with Crippen molar-refractivity contribution >= 4 is 27.9 Å². The smallest absolute Gasteiger partial charge is 0.271 e. The number of benzene rings is 3. The molecule has 3 aromatic carbocycles. The fourth-order valence-corrected chi connectivity index (χ4v) is 4.35. The predicted octanol–water partition coefficient (Wildman–Crippen LogP) is 5.48. The summed E-state index contributed by atoms with van der Waals surface area (Å²) >= 11 is 1.32. The Labute approximate surface area is 198 Å². The van der Waals surface area contributed by atoms with E-state index >= 15 is 0 Å². The number of hydrogen-bond donors (Lipinski definition) is 1. The van der Waals surface area contributed by atoms with Crippen LogP contribution in [0.15, 0.2) is 95.2 Å². The van der Waals surface area contributed by atoms with Crippen LogP contribution in [0.25, 0.3) is 16.2 Å². The molecule has 2 heterocycles. The molecule has 0 saturated carbocycles. The third-order valence-corrected chi connectivity index (χ3v) is 6.00. The predicted molar refractivity (Wildman–Crippen MR) is 132 cm³/mol. The molecule has 8 heteroatoms. The van der Waals surface area contributed by atoms with Crippen LogP contribution in [0.3, 0.4) is 0 Å². The monoisotopic (exact) mass is 469 g/mol. The number of para-hydroxylation sites is 3. The van der Waals surface area contributed by atoms with Crippen molar-refractivity contribution in [2.24, 2.45) is 0 Å². The van der Waals surface area contributed by atoms with Crippen molar-refractivity contribution in [1.29, 1.82) is 0 Å². The number of carbonyl (C=O) groups excluding carboxylic acids is 1. The van der Waals surface area contributed by atoms with Crippen LogP contribution in [-0.4, -0.2) is 22.4 Å². The van der Waals surface area contributed by atoms with Crippen LogP contribution in [-0.2, 0) is 0 Å². The first-order valence-corrected chi connectivity index (χ1v) is 11.3. The Kier molecular flexibility index (Phi) is 5.80. The second kappa shape index (κ2) is 9.21. The quantitative estimate of drug-likeness (QED) is 0.356. The van der Waals surface area contributed by atoms with Gasteiger partial charge in [0.15, 0.2) is 10.7 Å². The van der Waals surface area contributed by atoms with E-state index in [4.69, 9.17) is 9.47 Å². The van der Waals surface area contributed by atoms with Gasteiger partial charge < -0.3 is 14.8 Å². The van der Waals surface area contributed by atoms with E-state index in [1.807, 2.05) is 66.0 Å². The summed E-state index contributed by atoms with van der Waals surface area (Å²) in [4.78, 5) is 31.3. The van der Waals surface area contributed by atoms with Gasteiger partial charge in [0.2, 0.25) is 0 Å². The fraction of sp³-hybridized carbons (Fsp3) is 0.0385. The molecule has 0 spiro atoms. The zero-order valence-electron chi connectivity index (χ0n) is 18.1. The Morgan fingerprint density at radius 1 is 0.971 bits per heavy atom. The number of aromatic nitrogens is 2. The summed E-state index contributed by atoms with van der Waals surface area (Å²) < 4.78 is 12.7. The molecule has 0 atom stereocenters. The molecular weight excluding hydrogens is 450 g/mol. The van der Waals surface area contributed by atoms with E-state index in [1.165, 1.54) is 21.9 Å². The standard InChI is InChI=1S/C26H19N3O4S/c1-32-19-11-7-8-17(14-19)22-16-34-26-27-15-20(25(31)29(22)26)24(30)28-21-12-5-6-13-23(21)33-18-9-3-2-4-10-18/h2-16H,1H3,(H,28,30). The van der Waals surface area contributed by atoms with E-state index in [0.29, 0.717) is 33.6 Å². The van der Waals surface area contributed by atoms with Crippen LogP contribution >= 0.6 is 11.3 Å². The molecule has 5 aromatic rings. The summed E-state index contributed by atoms with van der Waals surface area (Å²) in [6, 6.07) is 23.7. The lowest BCUT2D eigenvalue weighted by molar-refractivity contribution is 0.102. The van der Waals surface area contributed by atoms with Gasteiger partial charge in [-0.3, -0.25) is 14.0 Å². The van der Waals surface area contributed by atoms with Gasteiger partial charge in [0, 0.05) is 17.1 Å². The number of thiazole rings is 1. The highest BCUT2D eigenvalue weighted by atomic mass is 32.1. The number of methoxy groups -OCH3 is 1. The van der Waals surface area contributed by atoms with Gasteiger partial charge in [-0.05, 0) is 36.4 Å². The zero-order chi connectivity index (χ0) is 23.5. The number of carbonyl (C=O) groups is 1. The van der Waals surface area contributed by atoms with Crippen molar-refractivity contribution in [2.45, 2.75) is 0 Å². The number of ether oxygens (including phenoxy) is 2. The average molecular weight is 470 g/mol. The summed E-state index contributed by atoms with van der Waals surface area (Å²) in [6.07, 6.45) is 1.31. The molecule has 0 saturated heterocycles. The molecule has 0 unspecified atom stereocenters. The topological polar surface area (TPSA) is 81.9 Å². The Bertz CT molecular complexity index is 1540. The van der Waals surface area contributed by atoms with Gasteiger partial charge in [0.05, 0.1) is 18.5 Å². The van der Waals surface area contributed by atoms with Crippen molar-refractivity contribution in [3.05, 3.63) is 106 Å². The molecule has 7 nitrogen and oxygen atoms in total. The van der Waals surface area contributed by atoms with Gasteiger partial charge in [-0.2, -0.15) is 0 Å². The van der Waals surface area contributed by atoms with Crippen molar-refractivity contribution in [2.75, 3.05) is 12.4 Å². The number of fused-ring (bicyclic) bond motifs is 1. The molecule has 34 heavy (non-hydrogen) atoms. The van der Waals surface area contributed by atoms with E-state index in [9.17, 15) is 9.59 Å². The normalized spacial score (nSPS) is 10.7. The first-order chi connectivity index (χ1) is 16.6. The fourth-order valence-electron chi connectivity index (χ4n) is 3.50. The lowest BCUT2D eigenvalue weighted by atomic mass is 10.1. The Morgan fingerprint density at radius 3 is 2.56 bits per heavy atom. The Morgan fingerprint density at radius 2 is 1.74 bits per heavy atom. The molecule has 0 bridgehead atoms. The molecule has 0 aliphatic carbocycles. The molecule has 0 aliphatic heterocycles. The minimum Gasteiger partial charge on any atom is -0.497 e. The van der Waals surface area contributed by atoms with Gasteiger partial charge >= 0.3 is 0 Å². The maximum absolute atomic E-state index is 13.4. The number of amides is 1. The van der Waals surface area contributed by atoms with E-state index in [0.717, 1.165) is 5.56 Å². The van der Waals surface area contributed by atoms with Crippen LogP contribution in [0.5, 0.6) is 17.2 Å². The highest BCUT2D eigenvalue weighted by Gasteiger charge is 2.19. The lowest BCUT2D eigenvalue weighted by Crippen LogP contribution is -2.26. The second-order valence-corrected chi connectivity index (χ2v) is 8.15. The number of anilines is 1. The van der Waals surface area contributed by atoms with Crippen molar-refractivity contribution in [1.82, 2.24) is 9.38 Å². The third kappa shape index (κ3) is 4.14. The van der Waals surface area contributed by atoms with Gasteiger partial charge in [-0.1, -0.05) is 42.5 Å². The SMILES string of the molecule is COc1cccc(-c2csc3ncc(C(=O)Nc4ccccc4Oc4ccccc4)c(=O)n23)c1. The second-order valence-electron chi connectivity index (χ2n) is 7.31. The van der Waals surface area contributed by atoms with Crippen LogP contribution in [0.4, 0.5) is 5.69 Å². The number of rotatable bonds is 6. The molecule has 0 aliphatic rings. The van der Waals surface area contributed by atoms with Crippen LogP contribution in [0.1, 0.15) is 10.4 Å². The minimum atomic E-state index is -0.571. The third-order valence-electron chi connectivity index (χ3n) is 5.16. The van der Waals surface area contributed by atoms with Crippen LogP contribution < -0.4 is 20.3 Å². The molecule has 2 aromatic heterocycles. The van der Waals surface area contributed by atoms with Crippen LogP contribution in [0.2, 0.25) is 0 Å². The van der Waals surface area contributed by atoms with Gasteiger partial charge in [0.1, 0.15) is 17.1 Å². The average Bonchev–Trinajstić information content (AvgIpc) is 3.31. The van der Waals surface area contributed by atoms with Gasteiger partial charge in [-0.15, -0.1) is 11.3 Å². The summed E-state index contributed by atoms with van der Waals surface area (Å²) in [5, 5.41) is 4.62. The molecular formula is C26H19N3O4S. The lowest BCUT2D eigenvalue weighted by Gasteiger charge is -2.12. The van der Waals surface area contributed by atoms with E-state index < -0.39 is 11.5 Å². The zero-order valence-corrected chi connectivity index (χ0v) is 18.9. The first kappa shape index (κ1) is 21.4. The number of nitrogens with zero attached hydrogens (tertiary/aromatic N) is 2. The van der Waals surface area contributed by atoms with E-state index in [1.54, 1.807) is 25.3 Å². The van der Waals surface area contributed by atoms with Crippen molar-refractivity contribution in [3.63, 3.8) is 0 Å². The molecule has 1 amide bonds. The highest BCUT2D eigenvalue weighted by molar-refractivity contribution is 7.15. The molecule has 1 N–H and O–H groups in total. The van der Waals surface area contributed by atoms with Crippen molar-refractivity contribution < 1.29 is 14.3 Å². The molecule has 0 radical (unpaired) electrons. The summed E-state index contributed by atoms with van der Waals surface area (Å²) in [5.41, 5.74) is 1.34.